The van der Waals surface area contributed by atoms with Crippen molar-refractivity contribution in [3.05, 3.63) is 42.4 Å². The number of aromatic nitrogens is 5. The van der Waals surface area contributed by atoms with Crippen LogP contribution in [0.4, 0.5) is 5.69 Å². The summed E-state index contributed by atoms with van der Waals surface area (Å²) in [7, 11) is 1.87. The fourth-order valence-corrected chi connectivity index (χ4v) is 3.90. The number of nitrogens with two attached hydrogens (primary N) is 1. The number of carbonyl (C=O) groups excluding carboxylic acids is 1. The van der Waals surface area contributed by atoms with Crippen molar-refractivity contribution in [1.82, 2.24) is 24.4 Å². The number of aliphatic hydroxyl groups is 1. The van der Waals surface area contributed by atoms with Gasteiger partial charge in [0.25, 0.3) is 5.91 Å². The highest BCUT2D eigenvalue weighted by molar-refractivity contribution is 6.07. The van der Waals surface area contributed by atoms with Crippen molar-refractivity contribution < 1.29 is 9.90 Å². The number of primary amides is 1. The molecule has 0 aliphatic carbocycles. The van der Waals surface area contributed by atoms with Crippen molar-refractivity contribution in [1.29, 1.82) is 0 Å². The number of hydrogen-bond acceptors (Lipinski definition) is 6. The maximum absolute atomic E-state index is 12.3. The van der Waals surface area contributed by atoms with Crippen LogP contribution in [-0.2, 0) is 7.05 Å². The number of rotatable bonds is 3. The van der Waals surface area contributed by atoms with E-state index in [0.717, 1.165) is 28.7 Å². The third kappa shape index (κ3) is 2.43. The number of anilines is 1. The lowest BCUT2D eigenvalue weighted by Gasteiger charge is -2.21. The highest BCUT2D eigenvalue weighted by Gasteiger charge is 2.28. The molecule has 3 N–H and O–H groups in total. The lowest BCUT2D eigenvalue weighted by Crippen LogP contribution is -2.22. The third-order valence-corrected chi connectivity index (χ3v) is 5.26. The van der Waals surface area contributed by atoms with E-state index in [2.05, 4.69) is 20.1 Å². The van der Waals surface area contributed by atoms with E-state index in [4.69, 9.17) is 5.73 Å². The SMILES string of the molecule is Cn1ncc2cc(N3CCC(O)C3)c(-c3nn4cccnc4c3C(N)=O)cc21. The molecule has 5 rings (SSSR count). The van der Waals surface area contributed by atoms with Gasteiger partial charge in [0.2, 0.25) is 0 Å². The Labute approximate surface area is 160 Å². The molecule has 3 aromatic heterocycles. The number of hydrogen-bond donors (Lipinski definition) is 2. The number of benzene rings is 1. The Balaban J connectivity index is 1.83. The zero-order valence-corrected chi connectivity index (χ0v) is 15.3. The standard InChI is InChI=1S/C19H19N7O2/c1-24-14-8-13(15(7-11(14)9-22-24)25-6-3-12(27)10-25)17-16(18(20)28)19-21-4-2-5-26(19)23-17/h2,4-5,7-9,12,27H,3,6,10H2,1H3,(H2,20,28). The number of amides is 1. The van der Waals surface area contributed by atoms with E-state index < -0.39 is 5.91 Å². The first-order valence-electron chi connectivity index (χ1n) is 9.05. The molecule has 1 saturated heterocycles. The summed E-state index contributed by atoms with van der Waals surface area (Å²) in [4.78, 5) is 18.7. The number of nitrogens with zero attached hydrogens (tertiary/aromatic N) is 6. The molecular weight excluding hydrogens is 358 g/mol. The van der Waals surface area contributed by atoms with Crippen LogP contribution >= 0.6 is 0 Å². The van der Waals surface area contributed by atoms with Crippen LogP contribution in [0.5, 0.6) is 0 Å². The first-order valence-corrected chi connectivity index (χ1v) is 9.05. The number of carbonyl (C=O) groups is 1. The van der Waals surface area contributed by atoms with E-state index in [9.17, 15) is 9.90 Å². The molecule has 0 radical (unpaired) electrons. The zero-order chi connectivity index (χ0) is 19.4. The maximum atomic E-state index is 12.3. The topological polar surface area (TPSA) is 115 Å². The summed E-state index contributed by atoms with van der Waals surface area (Å²) in [6.45, 7) is 1.24. The Morgan fingerprint density at radius 1 is 1.36 bits per heavy atom. The van der Waals surface area contributed by atoms with Crippen LogP contribution in [0.1, 0.15) is 16.8 Å². The van der Waals surface area contributed by atoms with Crippen molar-refractivity contribution in [2.75, 3.05) is 18.0 Å². The highest BCUT2D eigenvalue weighted by Crippen LogP contribution is 2.38. The van der Waals surface area contributed by atoms with Crippen molar-refractivity contribution in [3.63, 3.8) is 0 Å². The van der Waals surface area contributed by atoms with E-state index in [1.54, 1.807) is 33.9 Å². The summed E-state index contributed by atoms with van der Waals surface area (Å²) in [5.74, 6) is -0.582. The predicted molar refractivity (Wildman–Crippen MR) is 104 cm³/mol. The van der Waals surface area contributed by atoms with Gasteiger partial charge in [-0.3, -0.25) is 9.48 Å². The molecule has 0 bridgehead atoms. The van der Waals surface area contributed by atoms with Gasteiger partial charge in [0.15, 0.2) is 5.65 Å². The van der Waals surface area contributed by atoms with Gasteiger partial charge in [0.05, 0.1) is 17.8 Å². The lowest BCUT2D eigenvalue weighted by atomic mass is 10.0. The summed E-state index contributed by atoms with van der Waals surface area (Å²) < 4.78 is 3.34. The minimum atomic E-state index is -0.582. The molecule has 1 aliphatic rings. The fraction of sp³-hybridized carbons (Fsp3) is 0.263. The molecule has 0 saturated carbocycles. The van der Waals surface area contributed by atoms with E-state index >= 15 is 0 Å². The van der Waals surface area contributed by atoms with Gasteiger partial charge in [0, 0.05) is 49.2 Å². The van der Waals surface area contributed by atoms with Gasteiger partial charge < -0.3 is 15.7 Å². The van der Waals surface area contributed by atoms with Gasteiger partial charge in [-0.15, -0.1) is 0 Å². The second-order valence-electron chi connectivity index (χ2n) is 7.06. The fourth-order valence-electron chi connectivity index (χ4n) is 3.90. The van der Waals surface area contributed by atoms with Crippen molar-refractivity contribution in [2.24, 2.45) is 12.8 Å². The zero-order valence-electron chi connectivity index (χ0n) is 15.3. The van der Waals surface area contributed by atoms with Crippen LogP contribution in [0.2, 0.25) is 0 Å². The Morgan fingerprint density at radius 2 is 2.21 bits per heavy atom. The average Bonchev–Trinajstić information content (AvgIpc) is 3.37. The number of aryl methyl sites for hydroxylation is 1. The average molecular weight is 377 g/mol. The Morgan fingerprint density at radius 3 is 2.96 bits per heavy atom. The van der Waals surface area contributed by atoms with Gasteiger partial charge in [-0.2, -0.15) is 10.2 Å². The van der Waals surface area contributed by atoms with Gasteiger partial charge in [-0.25, -0.2) is 9.50 Å². The Hall–Kier alpha value is -3.46. The summed E-state index contributed by atoms with van der Waals surface area (Å²) in [5.41, 5.74) is 9.46. The van der Waals surface area contributed by atoms with Crippen molar-refractivity contribution in [2.45, 2.75) is 12.5 Å². The molecule has 1 fully saturated rings. The number of aliphatic hydroxyl groups excluding tert-OH is 1. The van der Waals surface area contributed by atoms with Crippen LogP contribution in [0.3, 0.4) is 0 Å². The summed E-state index contributed by atoms with van der Waals surface area (Å²) in [6, 6.07) is 5.74. The second-order valence-corrected chi connectivity index (χ2v) is 7.06. The molecule has 4 aromatic rings. The highest BCUT2D eigenvalue weighted by atomic mass is 16.3. The van der Waals surface area contributed by atoms with Crippen LogP contribution in [0, 0.1) is 0 Å². The van der Waals surface area contributed by atoms with Gasteiger partial charge in [-0.05, 0) is 24.6 Å². The monoisotopic (exact) mass is 377 g/mol. The molecule has 1 amide bonds. The van der Waals surface area contributed by atoms with Crippen LogP contribution < -0.4 is 10.6 Å². The van der Waals surface area contributed by atoms with Gasteiger partial charge in [0.1, 0.15) is 11.3 Å². The summed E-state index contributed by atoms with van der Waals surface area (Å²) >= 11 is 0. The van der Waals surface area contributed by atoms with Crippen LogP contribution in [0.15, 0.2) is 36.8 Å². The molecule has 142 valence electrons. The molecule has 0 spiro atoms. The first kappa shape index (κ1) is 16.7. The minimum absolute atomic E-state index is 0.281. The lowest BCUT2D eigenvalue weighted by molar-refractivity contribution is 0.100. The molecule has 1 unspecified atom stereocenters. The normalized spacial score (nSPS) is 17.1. The molecule has 9 nitrogen and oxygen atoms in total. The minimum Gasteiger partial charge on any atom is -0.391 e. The first-order chi connectivity index (χ1) is 13.5. The molecular formula is C19H19N7O2. The molecule has 4 heterocycles. The van der Waals surface area contributed by atoms with Crippen molar-refractivity contribution in [3.8, 4) is 11.3 Å². The van der Waals surface area contributed by atoms with E-state index in [-0.39, 0.29) is 11.7 Å². The molecule has 9 heteroatoms. The summed E-state index contributed by atoms with van der Waals surface area (Å²) in [5, 5.41) is 20.0. The molecule has 1 atom stereocenters. The largest absolute Gasteiger partial charge is 0.391 e. The smallest absolute Gasteiger partial charge is 0.254 e. The van der Waals surface area contributed by atoms with Crippen LogP contribution in [-0.4, -0.2) is 54.6 Å². The Bertz CT molecular complexity index is 1230. The van der Waals surface area contributed by atoms with E-state index in [1.165, 1.54) is 0 Å². The van der Waals surface area contributed by atoms with E-state index in [1.807, 2.05) is 19.2 Å². The van der Waals surface area contributed by atoms with Gasteiger partial charge in [-0.1, -0.05) is 0 Å². The quantitative estimate of drug-likeness (QED) is 0.549. The van der Waals surface area contributed by atoms with Crippen molar-refractivity contribution >= 4 is 28.1 Å². The van der Waals surface area contributed by atoms with Crippen LogP contribution in [0.25, 0.3) is 27.8 Å². The van der Waals surface area contributed by atoms with E-state index in [0.29, 0.717) is 24.3 Å². The molecule has 28 heavy (non-hydrogen) atoms. The molecule has 1 aliphatic heterocycles. The maximum Gasteiger partial charge on any atom is 0.254 e. The molecule has 1 aromatic carbocycles. The number of β-amino-alcohol motifs (C(OH)–C–C–N with tert-alkyl or cyclic N) is 1. The Kier molecular flexibility index (Phi) is 3.59. The third-order valence-electron chi connectivity index (χ3n) is 5.26. The predicted octanol–water partition coefficient (Wildman–Crippen LogP) is 0.953. The number of fused-ring (bicyclic) bond motifs is 2. The second kappa shape index (κ2) is 6.03. The van der Waals surface area contributed by atoms with Gasteiger partial charge >= 0.3 is 0 Å². The summed E-state index contributed by atoms with van der Waals surface area (Å²) in [6.07, 6.45) is 5.46.